The summed E-state index contributed by atoms with van der Waals surface area (Å²) in [6, 6.07) is 10.2. The predicted octanol–water partition coefficient (Wildman–Crippen LogP) is 5.31. The van der Waals surface area contributed by atoms with Crippen LogP contribution in [0.1, 0.15) is 42.0 Å². The van der Waals surface area contributed by atoms with Crippen molar-refractivity contribution >= 4 is 23.4 Å². The van der Waals surface area contributed by atoms with Gasteiger partial charge in [0.2, 0.25) is 0 Å². The minimum absolute atomic E-state index is 0.0235. The minimum atomic E-state index is -2.47. The molecule has 7 heteroatoms. The summed E-state index contributed by atoms with van der Waals surface area (Å²) in [5, 5.41) is 2.73. The van der Waals surface area contributed by atoms with Crippen LogP contribution in [-0.2, 0) is 5.75 Å². The Morgan fingerprint density at radius 3 is 2.84 bits per heavy atom. The van der Waals surface area contributed by atoms with Gasteiger partial charge in [-0.25, -0.2) is 0 Å². The number of hydrogen-bond acceptors (Lipinski definition) is 4. The third-order valence-electron chi connectivity index (χ3n) is 3.93. The Kier molecular flexibility index (Phi) is 5.96. The van der Waals surface area contributed by atoms with Crippen molar-refractivity contribution in [2.75, 3.05) is 5.32 Å². The Morgan fingerprint density at radius 1 is 1.28 bits per heavy atom. The van der Waals surface area contributed by atoms with E-state index in [1.807, 2.05) is 12.1 Å². The normalized spacial score (nSPS) is 14.8. The Morgan fingerprint density at radius 2 is 2.08 bits per heavy atom. The highest BCUT2D eigenvalue weighted by atomic mass is 32.2. The van der Waals surface area contributed by atoms with Gasteiger partial charge in [-0.1, -0.05) is 17.8 Å². The molecular formula is C18H19F2NO3S. The smallest absolute Gasteiger partial charge is 0.291 e. The van der Waals surface area contributed by atoms with Crippen molar-refractivity contribution in [3.05, 3.63) is 47.9 Å². The second-order valence-corrected chi connectivity index (χ2v) is 6.82. The fourth-order valence-electron chi connectivity index (χ4n) is 2.76. The quantitative estimate of drug-likeness (QED) is 0.721. The van der Waals surface area contributed by atoms with Crippen LogP contribution in [0.2, 0.25) is 0 Å². The standard InChI is InChI=1S/C18H19F2NO3S/c19-18(20)25-11-15-8-9-16(24-15)17(22)21-12-4-3-7-14(10-12)23-13-5-1-2-6-13/h3-4,7-10,13,18H,1-2,5-6,11H2,(H,21,22). The number of ether oxygens (including phenoxy) is 1. The molecule has 1 aliphatic rings. The monoisotopic (exact) mass is 367 g/mol. The number of anilines is 1. The van der Waals surface area contributed by atoms with Crippen LogP contribution < -0.4 is 10.1 Å². The largest absolute Gasteiger partial charge is 0.490 e. The molecule has 0 saturated heterocycles. The van der Waals surface area contributed by atoms with Crippen LogP contribution >= 0.6 is 11.8 Å². The van der Waals surface area contributed by atoms with E-state index in [1.54, 1.807) is 12.1 Å². The molecule has 0 radical (unpaired) electrons. The molecule has 1 amide bonds. The molecule has 1 fully saturated rings. The van der Waals surface area contributed by atoms with Crippen molar-refractivity contribution in [3.63, 3.8) is 0 Å². The molecule has 0 atom stereocenters. The summed E-state index contributed by atoms with van der Waals surface area (Å²) in [4.78, 5) is 12.2. The second kappa shape index (κ2) is 8.38. The first-order chi connectivity index (χ1) is 12.1. The number of furan rings is 1. The molecule has 0 aliphatic heterocycles. The van der Waals surface area contributed by atoms with Crippen LogP contribution in [0.15, 0.2) is 40.8 Å². The number of carbonyl (C=O) groups excluding carboxylic acids is 1. The van der Waals surface area contributed by atoms with E-state index >= 15 is 0 Å². The molecule has 3 rings (SSSR count). The molecule has 0 unspecified atom stereocenters. The van der Waals surface area contributed by atoms with E-state index in [1.165, 1.54) is 25.0 Å². The molecule has 0 spiro atoms. The van der Waals surface area contributed by atoms with Gasteiger partial charge in [-0.3, -0.25) is 4.79 Å². The van der Waals surface area contributed by atoms with Gasteiger partial charge in [0.1, 0.15) is 11.5 Å². The van der Waals surface area contributed by atoms with E-state index in [4.69, 9.17) is 9.15 Å². The molecule has 1 aliphatic carbocycles. The van der Waals surface area contributed by atoms with Gasteiger partial charge in [0.15, 0.2) is 5.76 Å². The summed E-state index contributed by atoms with van der Waals surface area (Å²) < 4.78 is 35.6. The Balaban J connectivity index is 1.58. The van der Waals surface area contributed by atoms with Gasteiger partial charge in [0.25, 0.3) is 11.7 Å². The predicted molar refractivity (Wildman–Crippen MR) is 93.3 cm³/mol. The number of hydrogen-bond donors (Lipinski definition) is 1. The number of alkyl halides is 2. The van der Waals surface area contributed by atoms with E-state index < -0.39 is 11.7 Å². The fourth-order valence-corrected chi connectivity index (χ4v) is 3.21. The molecule has 1 heterocycles. The van der Waals surface area contributed by atoms with Gasteiger partial charge in [0, 0.05) is 11.8 Å². The molecule has 1 aromatic heterocycles. The van der Waals surface area contributed by atoms with Gasteiger partial charge in [0.05, 0.1) is 11.9 Å². The maximum absolute atomic E-state index is 12.2. The topological polar surface area (TPSA) is 51.5 Å². The first kappa shape index (κ1) is 17.8. The van der Waals surface area contributed by atoms with Gasteiger partial charge in [-0.05, 0) is 49.9 Å². The molecule has 0 bridgehead atoms. The van der Waals surface area contributed by atoms with Crippen molar-refractivity contribution in [2.24, 2.45) is 0 Å². The van der Waals surface area contributed by atoms with Crippen LogP contribution in [0.5, 0.6) is 5.75 Å². The second-order valence-electron chi connectivity index (χ2n) is 5.84. The van der Waals surface area contributed by atoms with Crippen molar-refractivity contribution < 1.29 is 22.7 Å². The third kappa shape index (κ3) is 5.22. The molecule has 2 aromatic rings. The lowest BCUT2D eigenvalue weighted by Crippen LogP contribution is -2.13. The van der Waals surface area contributed by atoms with Gasteiger partial charge >= 0.3 is 0 Å². The SMILES string of the molecule is O=C(Nc1cccc(OC2CCCC2)c1)c1ccc(CSC(F)F)o1. The molecule has 25 heavy (non-hydrogen) atoms. The molecular weight excluding hydrogens is 348 g/mol. The summed E-state index contributed by atoms with van der Waals surface area (Å²) in [5.41, 5.74) is 0.598. The molecule has 134 valence electrons. The van der Waals surface area contributed by atoms with E-state index in [2.05, 4.69) is 5.32 Å². The third-order valence-corrected chi connectivity index (χ3v) is 4.64. The summed E-state index contributed by atoms with van der Waals surface area (Å²) >= 11 is 0.455. The van der Waals surface area contributed by atoms with Crippen molar-refractivity contribution in [1.29, 1.82) is 0 Å². The average molecular weight is 367 g/mol. The first-order valence-corrected chi connectivity index (χ1v) is 9.21. The number of halogens is 2. The van der Waals surface area contributed by atoms with E-state index in [9.17, 15) is 13.6 Å². The zero-order valence-corrected chi connectivity index (χ0v) is 14.4. The van der Waals surface area contributed by atoms with Gasteiger partial charge in [-0.15, -0.1) is 0 Å². The lowest BCUT2D eigenvalue weighted by atomic mass is 10.2. The maximum atomic E-state index is 12.2. The highest BCUT2D eigenvalue weighted by Gasteiger charge is 2.17. The lowest BCUT2D eigenvalue weighted by Gasteiger charge is -2.14. The summed E-state index contributed by atoms with van der Waals surface area (Å²) in [7, 11) is 0. The van der Waals surface area contributed by atoms with Crippen LogP contribution in [-0.4, -0.2) is 17.8 Å². The number of nitrogens with one attached hydrogen (secondary N) is 1. The molecule has 4 nitrogen and oxygen atoms in total. The lowest BCUT2D eigenvalue weighted by molar-refractivity contribution is 0.0995. The zero-order chi connectivity index (χ0) is 17.6. The van der Waals surface area contributed by atoms with E-state index in [-0.39, 0.29) is 17.6 Å². The summed E-state index contributed by atoms with van der Waals surface area (Å²) in [6.07, 6.45) is 4.73. The number of carbonyl (C=O) groups is 1. The average Bonchev–Trinajstić information content (AvgIpc) is 3.25. The summed E-state index contributed by atoms with van der Waals surface area (Å²) in [5.74, 6) is -1.72. The number of amides is 1. The van der Waals surface area contributed by atoms with Crippen LogP contribution in [0, 0.1) is 0 Å². The van der Waals surface area contributed by atoms with Crippen LogP contribution in [0.25, 0.3) is 0 Å². The molecule has 1 N–H and O–H groups in total. The number of rotatable bonds is 7. The molecule has 1 saturated carbocycles. The van der Waals surface area contributed by atoms with Crippen LogP contribution in [0.3, 0.4) is 0 Å². The minimum Gasteiger partial charge on any atom is -0.490 e. The van der Waals surface area contributed by atoms with Crippen molar-refractivity contribution in [3.8, 4) is 5.75 Å². The highest BCUT2D eigenvalue weighted by Crippen LogP contribution is 2.26. The van der Waals surface area contributed by atoms with E-state index in [0.29, 0.717) is 23.2 Å². The summed E-state index contributed by atoms with van der Waals surface area (Å²) in [6.45, 7) is 0. The molecule has 1 aromatic carbocycles. The number of benzene rings is 1. The zero-order valence-electron chi connectivity index (χ0n) is 13.5. The number of thioether (sulfide) groups is 1. The Hall–Kier alpha value is -2.02. The highest BCUT2D eigenvalue weighted by molar-refractivity contribution is 7.98. The van der Waals surface area contributed by atoms with Crippen LogP contribution in [0.4, 0.5) is 14.5 Å². The van der Waals surface area contributed by atoms with Gasteiger partial charge in [-0.2, -0.15) is 8.78 Å². The van der Waals surface area contributed by atoms with E-state index in [0.717, 1.165) is 18.6 Å². The Labute approximate surface area is 148 Å². The first-order valence-electron chi connectivity index (χ1n) is 8.17. The fraction of sp³-hybridized carbons (Fsp3) is 0.389. The van der Waals surface area contributed by atoms with Gasteiger partial charge < -0.3 is 14.5 Å². The van der Waals surface area contributed by atoms with Crippen molar-refractivity contribution in [1.82, 2.24) is 0 Å². The van der Waals surface area contributed by atoms with Crippen molar-refractivity contribution in [2.45, 2.75) is 43.3 Å². The maximum Gasteiger partial charge on any atom is 0.291 e. The Bertz CT molecular complexity index is 714.